The maximum atomic E-state index is 13.5. The Hall–Kier alpha value is -3.28. The lowest BCUT2D eigenvalue weighted by atomic mass is 9.76. The molecule has 6 heteroatoms. The Balaban J connectivity index is 1.89. The molecule has 1 unspecified atom stereocenters. The normalized spacial score (nSPS) is 18.7. The number of benzene rings is 2. The molecule has 1 amide bonds. The molecule has 2 aromatic carbocycles. The minimum Gasteiger partial charge on any atom is -0.493 e. The number of Topliss-reactive ketones (excluding diaryl/α,β-unsaturated/α-hetero) is 1. The first-order valence-electron chi connectivity index (χ1n) is 10.6. The number of carbonyl (C=O) groups is 2. The second kappa shape index (κ2) is 8.84. The van der Waals surface area contributed by atoms with Gasteiger partial charge in [0.1, 0.15) is 5.75 Å². The molecule has 0 fully saturated rings. The van der Waals surface area contributed by atoms with Crippen LogP contribution in [0.15, 0.2) is 53.7 Å². The lowest BCUT2D eigenvalue weighted by molar-refractivity contribution is -0.120. The fourth-order valence-corrected chi connectivity index (χ4v) is 4.64. The van der Waals surface area contributed by atoms with E-state index in [2.05, 4.69) is 0 Å². The smallest absolute Gasteiger partial charge is 0.232 e. The van der Waals surface area contributed by atoms with E-state index >= 15 is 0 Å². The van der Waals surface area contributed by atoms with Crippen molar-refractivity contribution in [1.29, 1.82) is 0 Å². The molecule has 162 valence electrons. The lowest BCUT2D eigenvalue weighted by Gasteiger charge is -2.39. The van der Waals surface area contributed by atoms with Gasteiger partial charge in [-0.1, -0.05) is 24.3 Å². The van der Waals surface area contributed by atoms with Crippen LogP contribution in [-0.2, 0) is 9.59 Å². The van der Waals surface area contributed by atoms with Crippen LogP contribution in [0.2, 0.25) is 0 Å². The summed E-state index contributed by atoms with van der Waals surface area (Å²) in [5, 5.41) is 0. The van der Waals surface area contributed by atoms with Gasteiger partial charge in [-0.2, -0.15) is 0 Å². The van der Waals surface area contributed by atoms with Gasteiger partial charge >= 0.3 is 0 Å². The average Bonchev–Trinajstić information content (AvgIpc) is 2.79. The van der Waals surface area contributed by atoms with Crippen LogP contribution in [0.5, 0.6) is 17.2 Å². The molecule has 0 radical (unpaired) electrons. The Morgan fingerprint density at radius 2 is 1.74 bits per heavy atom. The summed E-state index contributed by atoms with van der Waals surface area (Å²) in [6.07, 6.45) is 2.04. The van der Waals surface area contributed by atoms with Gasteiger partial charge in [-0.25, -0.2) is 0 Å². The van der Waals surface area contributed by atoms with Crippen LogP contribution in [0, 0.1) is 0 Å². The standard InChI is InChI=1S/C25H27NO5/c1-4-31-21-13-6-5-10-18(21)26-19-11-8-12-20(27)24(19)17(15-23(26)28)16-9-7-14-22(29-2)25(16)30-3/h5-7,9-10,13-14,17H,4,8,11-12,15H2,1-3H3. The molecule has 0 bridgehead atoms. The molecule has 4 rings (SSSR count). The third-order valence-electron chi connectivity index (χ3n) is 5.89. The van der Waals surface area contributed by atoms with E-state index in [1.165, 1.54) is 0 Å². The van der Waals surface area contributed by atoms with Gasteiger partial charge in [-0.05, 0) is 38.0 Å². The topological polar surface area (TPSA) is 65.1 Å². The fourth-order valence-electron chi connectivity index (χ4n) is 4.64. The first kappa shape index (κ1) is 21.0. The number of ketones is 1. The Labute approximate surface area is 182 Å². The predicted octanol–water partition coefficient (Wildman–Crippen LogP) is 4.63. The molecule has 1 aliphatic heterocycles. The van der Waals surface area contributed by atoms with Crippen molar-refractivity contribution in [2.24, 2.45) is 0 Å². The van der Waals surface area contributed by atoms with Gasteiger partial charge < -0.3 is 14.2 Å². The number of anilines is 1. The van der Waals surface area contributed by atoms with Gasteiger partial charge in [-0.3, -0.25) is 14.5 Å². The van der Waals surface area contributed by atoms with E-state index in [0.717, 1.165) is 17.7 Å². The highest BCUT2D eigenvalue weighted by Gasteiger charge is 2.41. The zero-order chi connectivity index (χ0) is 22.0. The average molecular weight is 421 g/mol. The maximum Gasteiger partial charge on any atom is 0.232 e. The van der Waals surface area contributed by atoms with Crippen LogP contribution in [0.4, 0.5) is 5.69 Å². The summed E-state index contributed by atoms with van der Waals surface area (Å²) in [6, 6.07) is 13.1. The van der Waals surface area contributed by atoms with Crippen LogP contribution in [0.3, 0.4) is 0 Å². The number of carbonyl (C=O) groups excluding carboxylic acids is 2. The highest BCUT2D eigenvalue weighted by molar-refractivity contribution is 6.08. The van der Waals surface area contributed by atoms with Crippen LogP contribution in [0.25, 0.3) is 0 Å². The van der Waals surface area contributed by atoms with Gasteiger partial charge in [0, 0.05) is 35.6 Å². The molecule has 1 aliphatic carbocycles. The van der Waals surface area contributed by atoms with E-state index in [4.69, 9.17) is 14.2 Å². The van der Waals surface area contributed by atoms with Crippen LogP contribution in [-0.4, -0.2) is 32.5 Å². The van der Waals surface area contributed by atoms with E-state index in [0.29, 0.717) is 48.0 Å². The first-order valence-corrected chi connectivity index (χ1v) is 10.6. The number of nitrogens with zero attached hydrogens (tertiary/aromatic N) is 1. The van der Waals surface area contributed by atoms with Crippen molar-refractivity contribution in [2.45, 2.75) is 38.5 Å². The molecule has 6 nitrogen and oxygen atoms in total. The minimum absolute atomic E-state index is 0.0597. The number of ether oxygens (including phenoxy) is 3. The number of hydrogen-bond donors (Lipinski definition) is 0. The summed E-state index contributed by atoms with van der Waals surface area (Å²) >= 11 is 0. The zero-order valence-corrected chi connectivity index (χ0v) is 18.1. The molecule has 31 heavy (non-hydrogen) atoms. The Morgan fingerprint density at radius 1 is 0.968 bits per heavy atom. The van der Waals surface area contributed by atoms with Crippen molar-refractivity contribution < 1.29 is 23.8 Å². The second-order valence-corrected chi connectivity index (χ2v) is 7.61. The lowest BCUT2D eigenvalue weighted by Crippen LogP contribution is -2.40. The van der Waals surface area contributed by atoms with E-state index in [9.17, 15) is 9.59 Å². The number of amides is 1. The van der Waals surface area contributed by atoms with Crippen molar-refractivity contribution in [1.82, 2.24) is 0 Å². The fraction of sp³-hybridized carbons (Fsp3) is 0.360. The molecule has 1 heterocycles. The summed E-state index contributed by atoms with van der Waals surface area (Å²) in [7, 11) is 3.16. The van der Waals surface area contributed by atoms with Crippen LogP contribution in [0.1, 0.15) is 44.1 Å². The quantitative estimate of drug-likeness (QED) is 0.680. The van der Waals surface area contributed by atoms with E-state index in [-0.39, 0.29) is 24.0 Å². The van der Waals surface area contributed by atoms with E-state index in [1.807, 2.05) is 49.4 Å². The van der Waals surface area contributed by atoms with Crippen molar-refractivity contribution in [2.75, 3.05) is 25.7 Å². The SMILES string of the molecule is CCOc1ccccc1N1C(=O)CC(c2cccc(OC)c2OC)C2=C1CCCC2=O. The van der Waals surface area contributed by atoms with Gasteiger partial charge in [0.2, 0.25) is 5.91 Å². The predicted molar refractivity (Wildman–Crippen MR) is 118 cm³/mol. The minimum atomic E-state index is -0.365. The number of allylic oxidation sites excluding steroid dienone is 2. The third kappa shape index (κ3) is 3.67. The zero-order valence-electron chi connectivity index (χ0n) is 18.1. The highest BCUT2D eigenvalue weighted by Crippen LogP contribution is 2.48. The molecule has 0 aromatic heterocycles. The molecule has 2 aromatic rings. The van der Waals surface area contributed by atoms with Gasteiger partial charge in [0.25, 0.3) is 0 Å². The molecule has 0 spiro atoms. The molecular weight excluding hydrogens is 394 g/mol. The molecular formula is C25H27NO5. The summed E-state index contributed by atoms with van der Waals surface area (Å²) in [4.78, 5) is 28.4. The van der Waals surface area contributed by atoms with E-state index < -0.39 is 0 Å². The van der Waals surface area contributed by atoms with Gasteiger partial charge in [0.15, 0.2) is 17.3 Å². The first-order chi connectivity index (χ1) is 15.1. The van der Waals surface area contributed by atoms with Crippen molar-refractivity contribution in [3.8, 4) is 17.2 Å². The number of rotatable bonds is 6. The van der Waals surface area contributed by atoms with Crippen molar-refractivity contribution in [3.05, 3.63) is 59.3 Å². The third-order valence-corrected chi connectivity index (χ3v) is 5.89. The Bertz CT molecular complexity index is 1040. The van der Waals surface area contributed by atoms with E-state index in [1.54, 1.807) is 19.1 Å². The number of para-hydroxylation sites is 3. The Kier molecular flexibility index (Phi) is 5.98. The molecule has 0 N–H and O–H groups in total. The molecule has 1 atom stereocenters. The molecule has 0 saturated carbocycles. The van der Waals surface area contributed by atoms with Crippen molar-refractivity contribution >= 4 is 17.4 Å². The molecule has 2 aliphatic rings. The van der Waals surface area contributed by atoms with Crippen LogP contribution < -0.4 is 19.1 Å². The summed E-state index contributed by atoms with van der Waals surface area (Å²) in [6.45, 7) is 2.41. The summed E-state index contributed by atoms with van der Waals surface area (Å²) in [5.74, 6) is 1.45. The largest absolute Gasteiger partial charge is 0.493 e. The highest BCUT2D eigenvalue weighted by atomic mass is 16.5. The van der Waals surface area contributed by atoms with Gasteiger partial charge in [0.05, 0.1) is 26.5 Å². The van der Waals surface area contributed by atoms with Crippen LogP contribution >= 0.6 is 0 Å². The van der Waals surface area contributed by atoms with Crippen molar-refractivity contribution in [3.63, 3.8) is 0 Å². The molecule has 0 saturated heterocycles. The maximum absolute atomic E-state index is 13.5. The number of hydrogen-bond acceptors (Lipinski definition) is 5. The second-order valence-electron chi connectivity index (χ2n) is 7.61. The summed E-state index contributed by atoms with van der Waals surface area (Å²) in [5.41, 5.74) is 2.96. The van der Waals surface area contributed by atoms with Gasteiger partial charge in [-0.15, -0.1) is 0 Å². The summed E-state index contributed by atoms with van der Waals surface area (Å²) < 4.78 is 16.9. The monoisotopic (exact) mass is 421 g/mol. The Morgan fingerprint density at radius 3 is 2.48 bits per heavy atom. The number of methoxy groups -OCH3 is 2.